The molecule has 2 heterocycles. The molecule has 2 unspecified atom stereocenters. The van der Waals surface area contributed by atoms with Crippen LogP contribution < -0.4 is 5.32 Å². The van der Waals surface area contributed by atoms with Gasteiger partial charge in [0.2, 0.25) is 0 Å². The molecule has 0 amide bonds. The maximum Gasteiger partial charge on any atom is 0.127 e. The summed E-state index contributed by atoms with van der Waals surface area (Å²) in [5, 5.41) is 3.38. The van der Waals surface area contributed by atoms with Crippen molar-refractivity contribution >= 4 is 11.9 Å². The van der Waals surface area contributed by atoms with Gasteiger partial charge in [-0.1, -0.05) is 0 Å². The van der Waals surface area contributed by atoms with Crippen molar-refractivity contribution in [2.45, 2.75) is 29.8 Å². The van der Waals surface area contributed by atoms with Crippen LogP contribution in [0.1, 0.15) is 12.8 Å². The number of hydrogen-bond donors (Lipinski definition) is 1. The molecule has 2 aliphatic rings. The Labute approximate surface area is 104 Å². The number of nitrogens with one attached hydrogen (secondary N) is 1. The minimum absolute atomic E-state index is 0.491. The molecule has 0 aliphatic carbocycles. The minimum Gasteiger partial charge on any atom is -0.314 e. The van der Waals surface area contributed by atoms with Crippen molar-refractivity contribution < 1.29 is 8.78 Å². The van der Waals surface area contributed by atoms with Gasteiger partial charge in [0.05, 0.1) is 0 Å². The van der Waals surface area contributed by atoms with E-state index in [1.807, 2.05) is 0 Å². The van der Waals surface area contributed by atoms with Gasteiger partial charge in [-0.15, -0.1) is 0 Å². The first-order chi connectivity index (χ1) is 8.22. The summed E-state index contributed by atoms with van der Waals surface area (Å²) in [7, 11) is 0. The van der Waals surface area contributed by atoms with Crippen molar-refractivity contribution in [3.05, 3.63) is 29.8 Å². The number of benzene rings is 1. The Morgan fingerprint density at radius 3 is 2.24 bits per heavy atom. The first kappa shape index (κ1) is 11.4. The van der Waals surface area contributed by atoms with E-state index in [0.717, 1.165) is 19.2 Å². The van der Waals surface area contributed by atoms with E-state index in [4.69, 9.17) is 0 Å². The Bertz CT molecular complexity index is 391. The van der Waals surface area contributed by atoms with Gasteiger partial charge in [-0.05, 0) is 36.9 Å². The molecule has 17 heavy (non-hydrogen) atoms. The molecule has 5 heteroatoms. The molecule has 0 aromatic heterocycles. The summed E-state index contributed by atoms with van der Waals surface area (Å²) >= 11 is 1.48. The molecule has 0 radical (unpaired) electrons. The Kier molecular flexibility index (Phi) is 3.06. The van der Waals surface area contributed by atoms with Gasteiger partial charge in [0.1, 0.15) is 11.6 Å². The number of nitrogens with zero attached hydrogens (tertiary/aromatic N) is 1. The maximum absolute atomic E-state index is 13.1. The van der Waals surface area contributed by atoms with Crippen molar-refractivity contribution in [3.8, 4) is 0 Å². The molecular formula is C12H14F2N2S. The third-order valence-corrected chi connectivity index (χ3v) is 4.61. The van der Waals surface area contributed by atoms with Gasteiger partial charge >= 0.3 is 0 Å². The molecule has 3 rings (SSSR count). The van der Waals surface area contributed by atoms with Crippen LogP contribution in [0.2, 0.25) is 0 Å². The van der Waals surface area contributed by atoms with Crippen LogP contribution in [0.5, 0.6) is 0 Å². The lowest BCUT2D eigenvalue weighted by Gasteiger charge is -2.33. The average Bonchev–Trinajstić information content (AvgIpc) is 2.49. The van der Waals surface area contributed by atoms with Crippen LogP contribution >= 0.6 is 11.9 Å². The van der Waals surface area contributed by atoms with Crippen molar-refractivity contribution in [3.63, 3.8) is 0 Å². The normalized spacial score (nSPS) is 28.6. The standard InChI is InChI=1S/C12H14F2N2S/c13-8-3-9(14)5-12(4-8)17-16-10-1-2-11(16)7-15-6-10/h3-5,10-11,15H,1-2,6-7H2. The van der Waals surface area contributed by atoms with Gasteiger partial charge in [-0.25, -0.2) is 13.1 Å². The summed E-state index contributed by atoms with van der Waals surface area (Å²) in [6.07, 6.45) is 2.34. The summed E-state index contributed by atoms with van der Waals surface area (Å²) in [6.45, 7) is 1.95. The fourth-order valence-electron chi connectivity index (χ4n) is 2.59. The van der Waals surface area contributed by atoms with Crippen LogP contribution in [0.25, 0.3) is 0 Å². The highest BCUT2D eigenvalue weighted by Crippen LogP contribution is 2.37. The number of piperazine rings is 1. The van der Waals surface area contributed by atoms with E-state index >= 15 is 0 Å². The minimum atomic E-state index is -0.505. The molecule has 0 saturated carbocycles. The number of rotatable bonds is 2. The zero-order chi connectivity index (χ0) is 11.8. The quantitative estimate of drug-likeness (QED) is 0.818. The summed E-state index contributed by atoms with van der Waals surface area (Å²) in [4.78, 5) is 0.654. The summed E-state index contributed by atoms with van der Waals surface area (Å²) < 4.78 is 28.5. The van der Waals surface area contributed by atoms with E-state index in [-0.39, 0.29) is 0 Å². The van der Waals surface area contributed by atoms with E-state index < -0.39 is 11.6 Å². The Morgan fingerprint density at radius 1 is 1.06 bits per heavy atom. The van der Waals surface area contributed by atoms with Crippen molar-refractivity contribution in [2.24, 2.45) is 0 Å². The van der Waals surface area contributed by atoms with E-state index in [2.05, 4.69) is 9.62 Å². The molecule has 2 atom stereocenters. The summed E-state index contributed by atoms with van der Waals surface area (Å²) in [5.41, 5.74) is 0. The smallest absolute Gasteiger partial charge is 0.127 e. The molecule has 2 saturated heterocycles. The van der Waals surface area contributed by atoms with Crippen LogP contribution in [-0.4, -0.2) is 29.5 Å². The molecule has 2 bridgehead atoms. The van der Waals surface area contributed by atoms with Gasteiger partial charge in [-0.2, -0.15) is 0 Å². The highest BCUT2D eigenvalue weighted by atomic mass is 32.2. The first-order valence-corrected chi connectivity index (χ1v) is 6.63. The van der Waals surface area contributed by atoms with Crippen molar-refractivity contribution in [1.29, 1.82) is 0 Å². The predicted octanol–water partition coefficient (Wildman–Crippen LogP) is 2.41. The summed E-state index contributed by atoms with van der Waals surface area (Å²) in [5.74, 6) is -1.01. The number of fused-ring (bicyclic) bond motifs is 2. The van der Waals surface area contributed by atoms with E-state index in [9.17, 15) is 8.78 Å². The Hall–Kier alpha value is -0.650. The highest BCUT2D eigenvalue weighted by molar-refractivity contribution is 7.97. The second-order valence-corrected chi connectivity index (χ2v) is 5.68. The lowest BCUT2D eigenvalue weighted by atomic mass is 10.2. The molecule has 1 aromatic rings. The van der Waals surface area contributed by atoms with E-state index in [0.29, 0.717) is 17.0 Å². The second-order valence-electron chi connectivity index (χ2n) is 4.60. The Morgan fingerprint density at radius 2 is 1.65 bits per heavy atom. The zero-order valence-corrected chi connectivity index (χ0v) is 10.1. The average molecular weight is 256 g/mol. The van der Waals surface area contributed by atoms with Crippen molar-refractivity contribution in [2.75, 3.05) is 13.1 Å². The van der Waals surface area contributed by atoms with Crippen LogP contribution in [0.3, 0.4) is 0 Å². The van der Waals surface area contributed by atoms with Crippen LogP contribution in [-0.2, 0) is 0 Å². The monoisotopic (exact) mass is 256 g/mol. The van der Waals surface area contributed by atoms with Gasteiger partial charge in [0, 0.05) is 36.1 Å². The lowest BCUT2D eigenvalue weighted by molar-refractivity contribution is 0.287. The lowest BCUT2D eigenvalue weighted by Crippen LogP contribution is -2.48. The first-order valence-electron chi connectivity index (χ1n) is 5.85. The molecular weight excluding hydrogens is 242 g/mol. The fraction of sp³-hybridized carbons (Fsp3) is 0.500. The Balaban J connectivity index is 1.78. The second kappa shape index (κ2) is 4.55. The van der Waals surface area contributed by atoms with Gasteiger partial charge < -0.3 is 5.32 Å². The third kappa shape index (κ3) is 2.32. The SMILES string of the molecule is Fc1cc(F)cc(SN2C3CCC2CNC3)c1. The summed E-state index contributed by atoms with van der Waals surface area (Å²) in [6, 6.07) is 4.69. The van der Waals surface area contributed by atoms with Gasteiger partial charge in [0.15, 0.2) is 0 Å². The maximum atomic E-state index is 13.1. The molecule has 1 aromatic carbocycles. The van der Waals surface area contributed by atoms with E-state index in [1.54, 1.807) is 0 Å². The van der Waals surface area contributed by atoms with E-state index in [1.165, 1.54) is 36.9 Å². The molecule has 0 spiro atoms. The molecule has 2 aliphatic heterocycles. The number of hydrogen-bond acceptors (Lipinski definition) is 3. The van der Waals surface area contributed by atoms with Gasteiger partial charge in [-0.3, -0.25) is 0 Å². The van der Waals surface area contributed by atoms with Crippen LogP contribution in [0.4, 0.5) is 8.78 Å². The molecule has 92 valence electrons. The topological polar surface area (TPSA) is 15.3 Å². The fourth-order valence-corrected chi connectivity index (χ4v) is 3.82. The molecule has 1 N–H and O–H groups in total. The highest BCUT2D eigenvalue weighted by Gasteiger charge is 2.37. The molecule has 2 nitrogen and oxygen atoms in total. The van der Waals surface area contributed by atoms with Gasteiger partial charge in [0.25, 0.3) is 0 Å². The predicted molar refractivity (Wildman–Crippen MR) is 63.7 cm³/mol. The van der Waals surface area contributed by atoms with Crippen LogP contribution in [0.15, 0.2) is 23.1 Å². The number of halogens is 2. The van der Waals surface area contributed by atoms with Crippen LogP contribution in [0, 0.1) is 11.6 Å². The largest absolute Gasteiger partial charge is 0.314 e. The zero-order valence-electron chi connectivity index (χ0n) is 9.33. The third-order valence-electron chi connectivity index (χ3n) is 3.36. The molecule has 2 fully saturated rings. The van der Waals surface area contributed by atoms with Crippen molar-refractivity contribution in [1.82, 2.24) is 9.62 Å².